The summed E-state index contributed by atoms with van der Waals surface area (Å²) in [4.78, 5) is 18.7. The second-order valence-electron chi connectivity index (χ2n) is 5.32. The van der Waals surface area contributed by atoms with Crippen molar-refractivity contribution in [2.45, 2.75) is 6.92 Å². The average Bonchev–Trinajstić information content (AvgIpc) is 2.58. The van der Waals surface area contributed by atoms with Gasteiger partial charge >= 0.3 is 0 Å². The number of hydrogen-bond donors (Lipinski definition) is 1. The number of aryl methyl sites for hydroxylation is 1. The van der Waals surface area contributed by atoms with E-state index < -0.39 is 0 Å². The number of carbonyl (C=O) groups is 1. The van der Waals surface area contributed by atoms with Gasteiger partial charge < -0.3 is 15.0 Å². The zero-order valence-corrected chi connectivity index (χ0v) is 12.6. The van der Waals surface area contributed by atoms with Gasteiger partial charge in [0, 0.05) is 25.0 Å². The minimum atomic E-state index is -0.148. The Morgan fingerprint density at radius 1 is 1.14 bits per heavy atom. The quantitative estimate of drug-likeness (QED) is 0.945. The topological polar surface area (TPSA) is 54.5 Å². The molecule has 1 amide bonds. The summed E-state index contributed by atoms with van der Waals surface area (Å²) >= 11 is 0. The molecule has 0 unspecified atom stereocenters. The van der Waals surface area contributed by atoms with Crippen LogP contribution in [0, 0.1) is 6.92 Å². The van der Waals surface area contributed by atoms with E-state index in [2.05, 4.69) is 15.2 Å². The molecule has 1 aromatic carbocycles. The molecular weight excluding hydrogens is 278 g/mol. The van der Waals surface area contributed by atoms with Crippen LogP contribution in [0.25, 0.3) is 0 Å². The van der Waals surface area contributed by atoms with Gasteiger partial charge in [0.15, 0.2) is 0 Å². The van der Waals surface area contributed by atoms with Crippen molar-refractivity contribution in [3.05, 3.63) is 53.7 Å². The number of anilines is 2. The number of nitrogens with one attached hydrogen (secondary N) is 1. The molecule has 22 heavy (non-hydrogen) atoms. The Hall–Kier alpha value is -2.40. The highest BCUT2D eigenvalue weighted by molar-refractivity contribution is 6.04. The van der Waals surface area contributed by atoms with Crippen molar-refractivity contribution in [1.29, 1.82) is 0 Å². The fourth-order valence-corrected chi connectivity index (χ4v) is 2.34. The van der Waals surface area contributed by atoms with Gasteiger partial charge in [-0.25, -0.2) is 4.98 Å². The van der Waals surface area contributed by atoms with Gasteiger partial charge in [0.1, 0.15) is 5.82 Å². The van der Waals surface area contributed by atoms with E-state index in [1.807, 2.05) is 37.3 Å². The van der Waals surface area contributed by atoms with E-state index in [1.165, 1.54) is 0 Å². The maximum Gasteiger partial charge on any atom is 0.257 e. The smallest absolute Gasteiger partial charge is 0.257 e. The van der Waals surface area contributed by atoms with Crippen LogP contribution >= 0.6 is 0 Å². The molecule has 1 aromatic heterocycles. The normalized spacial score (nSPS) is 14.7. The van der Waals surface area contributed by atoms with Crippen LogP contribution in [-0.4, -0.2) is 37.2 Å². The Morgan fingerprint density at radius 3 is 2.50 bits per heavy atom. The first-order chi connectivity index (χ1) is 10.7. The van der Waals surface area contributed by atoms with Gasteiger partial charge in [-0.1, -0.05) is 17.7 Å². The number of morpholine rings is 1. The molecule has 0 radical (unpaired) electrons. The van der Waals surface area contributed by atoms with Crippen LogP contribution in [0.2, 0.25) is 0 Å². The minimum Gasteiger partial charge on any atom is -0.378 e. The lowest BCUT2D eigenvalue weighted by Gasteiger charge is -2.27. The second-order valence-corrected chi connectivity index (χ2v) is 5.32. The molecule has 0 aliphatic carbocycles. The minimum absolute atomic E-state index is 0.148. The molecule has 1 N–H and O–H groups in total. The Morgan fingerprint density at radius 2 is 1.86 bits per heavy atom. The third kappa shape index (κ3) is 3.43. The zero-order valence-electron chi connectivity index (χ0n) is 12.6. The van der Waals surface area contributed by atoms with Crippen LogP contribution in [0.1, 0.15) is 15.9 Å². The van der Waals surface area contributed by atoms with Crippen molar-refractivity contribution in [2.75, 3.05) is 36.5 Å². The lowest BCUT2D eigenvalue weighted by atomic mass is 10.2. The van der Waals surface area contributed by atoms with E-state index in [1.54, 1.807) is 12.3 Å². The third-order valence-corrected chi connectivity index (χ3v) is 3.65. The van der Waals surface area contributed by atoms with Crippen molar-refractivity contribution in [1.82, 2.24) is 4.98 Å². The molecule has 1 saturated heterocycles. The summed E-state index contributed by atoms with van der Waals surface area (Å²) in [6.07, 6.45) is 1.62. The molecule has 0 spiro atoms. The van der Waals surface area contributed by atoms with Crippen LogP contribution in [0.15, 0.2) is 42.6 Å². The molecule has 0 saturated carbocycles. The third-order valence-electron chi connectivity index (χ3n) is 3.65. The fraction of sp³-hybridized carbons (Fsp3) is 0.294. The van der Waals surface area contributed by atoms with Gasteiger partial charge in [-0.15, -0.1) is 0 Å². The van der Waals surface area contributed by atoms with E-state index in [9.17, 15) is 4.79 Å². The largest absolute Gasteiger partial charge is 0.378 e. The first-order valence-electron chi connectivity index (χ1n) is 7.39. The highest BCUT2D eigenvalue weighted by Crippen LogP contribution is 2.15. The zero-order chi connectivity index (χ0) is 15.4. The molecule has 114 valence electrons. The molecule has 1 aliphatic heterocycles. The highest BCUT2D eigenvalue weighted by atomic mass is 16.5. The van der Waals surface area contributed by atoms with E-state index in [4.69, 9.17) is 4.74 Å². The Bertz CT molecular complexity index is 632. The highest BCUT2D eigenvalue weighted by Gasteiger charge is 2.13. The predicted molar refractivity (Wildman–Crippen MR) is 86.4 cm³/mol. The number of ether oxygens (including phenoxy) is 1. The van der Waals surface area contributed by atoms with Gasteiger partial charge in [-0.3, -0.25) is 4.79 Å². The van der Waals surface area contributed by atoms with Crippen LogP contribution < -0.4 is 10.2 Å². The number of aromatic nitrogens is 1. The maximum atomic E-state index is 12.2. The Balaban J connectivity index is 1.66. The number of nitrogens with zero attached hydrogens (tertiary/aromatic N) is 2. The maximum absolute atomic E-state index is 12.2. The van der Waals surface area contributed by atoms with Crippen molar-refractivity contribution in [3.8, 4) is 0 Å². The van der Waals surface area contributed by atoms with Crippen molar-refractivity contribution in [3.63, 3.8) is 0 Å². The van der Waals surface area contributed by atoms with Crippen LogP contribution in [0.5, 0.6) is 0 Å². The number of benzene rings is 1. The molecule has 5 heteroatoms. The number of pyridine rings is 1. The number of carbonyl (C=O) groups excluding carboxylic acids is 1. The van der Waals surface area contributed by atoms with Gasteiger partial charge in [0.2, 0.25) is 0 Å². The van der Waals surface area contributed by atoms with Crippen molar-refractivity contribution < 1.29 is 9.53 Å². The standard InChI is InChI=1S/C17H19N3O2/c1-13-2-5-15(6-3-13)19-17(21)14-4-7-16(18-12-14)20-8-10-22-11-9-20/h2-7,12H,8-11H2,1H3,(H,19,21). The summed E-state index contributed by atoms with van der Waals surface area (Å²) in [6, 6.07) is 11.4. The first kappa shape index (κ1) is 14.5. The molecular formula is C17H19N3O2. The average molecular weight is 297 g/mol. The van der Waals surface area contributed by atoms with E-state index >= 15 is 0 Å². The molecule has 5 nitrogen and oxygen atoms in total. The van der Waals surface area contributed by atoms with Gasteiger partial charge in [0.25, 0.3) is 5.91 Å². The first-order valence-corrected chi connectivity index (χ1v) is 7.39. The monoisotopic (exact) mass is 297 g/mol. The second kappa shape index (κ2) is 6.58. The molecule has 3 rings (SSSR count). The summed E-state index contributed by atoms with van der Waals surface area (Å²) < 4.78 is 5.32. The van der Waals surface area contributed by atoms with Crippen LogP contribution in [-0.2, 0) is 4.74 Å². The molecule has 1 aliphatic rings. The van der Waals surface area contributed by atoms with Crippen LogP contribution in [0.4, 0.5) is 11.5 Å². The van der Waals surface area contributed by atoms with Gasteiger partial charge in [0.05, 0.1) is 18.8 Å². The number of rotatable bonds is 3. The molecule has 2 heterocycles. The predicted octanol–water partition coefficient (Wildman–Crippen LogP) is 2.48. The van der Waals surface area contributed by atoms with E-state index in [0.717, 1.165) is 43.4 Å². The van der Waals surface area contributed by atoms with E-state index in [0.29, 0.717) is 5.56 Å². The van der Waals surface area contributed by atoms with E-state index in [-0.39, 0.29) is 5.91 Å². The SMILES string of the molecule is Cc1ccc(NC(=O)c2ccc(N3CCOCC3)nc2)cc1. The van der Waals surface area contributed by atoms with Gasteiger partial charge in [-0.05, 0) is 31.2 Å². The van der Waals surface area contributed by atoms with Crippen LogP contribution in [0.3, 0.4) is 0 Å². The van der Waals surface area contributed by atoms with Crippen molar-refractivity contribution in [2.24, 2.45) is 0 Å². The summed E-state index contributed by atoms with van der Waals surface area (Å²) in [5.74, 6) is 0.736. The summed E-state index contributed by atoms with van der Waals surface area (Å²) in [5.41, 5.74) is 2.50. The molecule has 2 aromatic rings. The summed E-state index contributed by atoms with van der Waals surface area (Å²) in [5, 5.41) is 2.87. The Kier molecular flexibility index (Phi) is 4.34. The number of hydrogen-bond acceptors (Lipinski definition) is 4. The van der Waals surface area contributed by atoms with Gasteiger partial charge in [-0.2, -0.15) is 0 Å². The fourth-order valence-electron chi connectivity index (χ4n) is 2.34. The molecule has 0 atom stereocenters. The lowest BCUT2D eigenvalue weighted by molar-refractivity contribution is 0.102. The molecule has 1 fully saturated rings. The number of amides is 1. The molecule has 0 bridgehead atoms. The summed E-state index contributed by atoms with van der Waals surface area (Å²) in [6.45, 7) is 5.12. The summed E-state index contributed by atoms with van der Waals surface area (Å²) in [7, 11) is 0. The van der Waals surface area contributed by atoms with Crippen molar-refractivity contribution >= 4 is 17.4 Å². The Labute approximate surface area is 129 Å². The lowest BCUT2D eigenvalue weighted by Crippen LogP contribution is -2.36.